The van der Waals surface area contributed by atoms with Crippen LogP contribution in [0, 0.1) is 10.8 Å². The third-order valence-electron chi connectivity index (χ3n) is 4.47. The van der Waals surface area contributed by atoms with E-state index in [0.717, 1.165) is 27.7 Å². The lowest BCUT2D eigenvalue weighted by atomic mass is 9.72. The molecule has 1 heterocycles. The summed E-state index contributed by atoms with van der Waals surface area (Å²) >= 11 is 0. The lowest BCUT2D eigenvalue weighted by Gasteiger charge is -2.45. The minimum atomic E-state index is -6.28. The molecule has 2 nitrogen and oxygen atoms in total. The van der Waals surface area contributed by atoms with Crippen LogP contribution >= 0.6 is 0 Å². The van der Waals surface area contributed by atoms with Crippen molar-refractivity contribution in [2.45, 2.75) is 71.2 Å². The van der Waals surface area contributed by atoms with E-state index in [1.807, 2.05) is 0 Å². The number of hydrogen-bond acceptors (Lipinski definition) is 2. The normalized spacial score (nSPS) is 31.6. The Labute approximate surface area is 134 Å². The lowest BCUT2D eigenvalue weighted by Crippen LogP contribution is -2.62. The van der Waals surface area contributed by atoms with Crippen molar-refractivity contribution in [2.24, 2.45) is 10.8 Å². The molecule has 0 aromatic carbocycles. The van der Waals surface area contributed by atoms with Crippen molar-refractivity contribution in [3.8, 4) is 0 Å². The average Bonchev–Trinajstić information content (AvgIpc) is 2.46. The van der Waals surface area contributed by atoms with Crippen LogP contribution in [0.3, 0.4) is 0 Å². The zero-order valence-electron chi connectivity index (χ0n) is 13.8. The first-order valence-corrected chi connectivity index (χ1v) is 7.19. The molecule has 144 valence electrons. The van der Waals surface area contributed by atoms with Crippen molar-refractivity contribution >= 4 is 0 Å². The minimum absolute atomic E-state index is 0.210. The van der Waals surface area contributed by atoms with Gasteiger partial charge in [-0.05, 0) is 6.42 Å². The Morgan fingerprint density at radius 2 is 1.46 bits per heavy atom. The molecule has 0 spiro atoms. The fraction of sp³-hybridized carbons (Fsp3) is 1.00. The van der Waals surface area contributed by atoms with Gasteiger partial charge in [0.1, 0.15) is 6.10 Å². The van der Waals surface area contributed by atoms with Crippen LogP contribution < -0.4 is 0 Å². The predicted octanol–water partition coefficient (Wildman–Crippen LogP) is 5.32. The molecule has 2 unspecified atom stereocenters. The first-order valence-electron chi connectivity index (χ1n) is 7.19. The molecule has 0 saturated carbocycles. The molecule has 1 aliphatic heterocycles. The number of halogens is 8. The maximum Gasteiger partial charge on any atom is 0.458 e. The monoisotopic (exact) mass is 372 g/mol. The number of hydrogen-bond donors (Lipinski definition) is 0. The highest BCUT2D eigenvalue weighted by Crippen LogP contribution is 2.56. The molecule has 24 heavy (non-hydrogen) atoms. The van der Waals surface area contributed by atoms with Gasteiger partial charge in [0.2, 0.25) is 0 Å². The summed E-state index contributed by atoms with van der Waals surface area (Å²) in [7, 11) is 0. The van der Waals surface area contributed by atoms with Crippen LogP contribution in [0.2, 0.25) is 0 Å². The van der Waals surface area contributed by atoms with E-state index in [-0.39, 0.29) is 6.42 Å². The summed E-state index contributed by atoms with van der Waals surface area (Å²) < 4.78 is 117. The average molecular weight is 372 g/mol. The van der Waals surface area contributed by atoms with Gasteiger partial charge in [0.05, 0.1) is 6.61 Å². The summed E-state index contributed by atoms with van der Waals surface area (Å²) in [6.07, 6.45) is -14.7. The largest absolute Gasteiger partial charge is 0.458 e. The van der Waals surface area contributed by atoms with Crippen LogP contribution in [0.15, 0.2) is 0 Å². The predicted molar refractivity (Wildman–Crippen MR) is 68.5 cm³/mol. The second-order valence-corrected chi connectivity index (χ2v) is 7.25. The number of rotatable bonds is 3. The van der Waals surface area contributed by atoms with Gasteiger partial charge in [-0.2, -0.15) is 26.3 Å². The smallest absolute Gasteiger partial charge is 0.322 e. The molecule has 2 atom stereocenters. The van der Waals surface area contributed by atoms with Crippen molar-refractivity contribution in [1.82, 2.24) is 0 Å². The molecule has 1 fully saturated rings. The van der Waals surface area contributed by atoms with Gasteiger partial charge in [-0.1, -0.05) is 34.6 Å². The molecule has 0 amide bonds. The zero-order valence-corrected chi connectivity index (χ0v) is 13.8. The molecule has 0 aliphatic carbocycles. The first kappa shape index (κ1) is 21.4. The van der Waals surface area contributed by atoms with E-state index in [0.29, 0.717) is 0 Å². The van der Waals surface area contributed by atoms with Crippen molar-refractivity contribution in [2.75, 3.05) is 6.61 Å². The third-order valence-corrected chi connectivity index (χ3v) is 4.47. The van der Waals surface area contributed by atoms with Crippen molar-refractivity contribution in [1.29, 1.82) is 0 Å². The maximum atomic E-state index is 14.8. The molecule has 0 N–H and O–H groups in total. The minimum Gasteiger partial charge on any atom is -0.322 e. The Kier molecular flexibility index (Phi) is 5.07. The summed E-state index contributed by atoms with van der Waals surface area (Å²) in [4.78, 5) is 0. The van der Waals surface area contributed by atoms with Gasteiger partial charge in [0.15, 0.2) is 0 Å². The van der Waals surface area contributed by atoms with E-state index in [1.165, 1.54) is 6.92 Å². The Balaban J connectivity index is 3.54. The maximum absolute atomic E-state index is 14.8. The van der Waals surface area contributed by atoms with Crippen molar-refractivity contribution < 1.29 is 44.6 Å². The van der Waals surface area contributed by atoms with E-state index in [2.05, 4.69) is 9.47 Å². The molecule has 0 aromatic rings. The van der Waals surface area contributed by atoms with Crippen LogP contribution in [-0.2, 0) is 9.47 Å². The standard InChI is InChI=1S/C14H20F8O2/c1-6-10(4,5)11(15,16)8-9(2,3)7-23-14(21,22)12(17,24-8)13(18,19)20/h8H,6-7H2,1-5H3. The summed E-state index contributed by atoms with van der Waals surface area (Å²) in [6, 6.07) is 0. The summed E-state index contributed by atoms with van der Waals surface area (Å²) in [5.41, 5.74) is -3.94. The topological polar surface area (TPSA) is 18.5 Å². The molecule has 0 aromatic heterocycles. The second-order valence-electron chi connectivity index (χ2n) is 7.25. The summed E-state index contributed by atoms with van der Waals surface area (Å²) in [6.45, 7) is 4.07. The molecule has 1 aliphatic rings. The van der Waals surface area contributed by atoms with E-state index in [1.54, 1.807) is 0 Å². The molecular weight excluding hydrogens is 352 g/mol. The highest BCUT2D eigenvalue weighted by molar-refractivity contribution is 5.02. The quantitative estimate of drug-likeness (QED) is 0.625. The van der Waals surface area contributed by atoms with Gasteiger partial charge in [0, 0.05) is 10.8 Å². The van der Waals surface area contributed by atoms with E-state index in [9.17, 15) is 35.1 Å². The highest BCUT2D eigenvalue weighted by atomic mass is 19.4. The van der Waals surface area contributed by atoms with Crippen LogP contribution in [0.25, 0.3) is 0 Å². The van der Waals surface area contributed by atoms with Gasteiger partial charge in [-0.25, -0.2) is 8.78 Å². The van der Waals surface area contributed by atoms with Crippen molar-refractivity contribution in [3.05, 3.63) is 0 Å². The Morgan fingerprint density at radius 3 is 1.83 bits per heavy atom. The van der Waals surface area contributed by atoms with E-state index >= 15 is 0 Å². The van der Waals surface area contributed by atoms with E-state index in [4.69, 9.17) is 0 Å². The summed E-state index contributed by atoms with van der Waals surface area (Å²) in [5.74, 6) is -9.73. The van der Waals surface area contributed by atoms with Crippen molar-refractivity contribution in [3.63, 3.8) is 0 Å². The first-order chi connectivity index (χ1) is 10.4. The van der Waals surface area contributed by atoms with Crippen LogP contribution in [0.4, 0.5) is 35.1 Å². The van der Waals surface area contributed by atoms with Gasteiger partial charge >= 0.3 is 18.1 Å². The highest BCUT2D eigenvalue weighted by Gasteiger charge is 2.79. The number of ether oxygens (including phenoxy) is 2. The van der Waals surface area contributed by atoms with Gasteiger partial charge in [0.25, 0.3) is 5.92 Å². The molecule has 0 bridgehead atoms. The fourth-order valence-corrected chi connectivity index (χ4v) is 2.22. The molecule has 10 heteroatoms. The SMILES string of the molecule is CCC(C)(C)C(F)(F)C1OC(F)(C(F)(F)F)C(F)(F)OCC1(C)C. The molecule has 0 radical (unpaired) electrons. The Morgan fingerprint density at radius 1 is 1.00 bits per heavy atom. The molecule has 1 saturated heterocycles. The van der Waals surface area contributed by atoms with Crippen LogP contribution in [-0.4, -0.2) is 36.8 Å². The third kappa shape index (κ3) is 3.11. The van der Waals surface area contributed by atoms with Crippen LogP contribution in [0.1, 0.15) is 41.0 Å². The van der Waals surface area contributed by atoms with Gasteiger partial charge < -0.3 is 9.47 Å². The Bertz CT molecular complexity index is 472. The molecule has 1 rings (SSSR count). The van der Waals surface area contributed by atoms with Gasteiger partial charge in [-0.15, -0.1) is 0 Å². The zero-order chi connectivity index (χ0) is 19.4. The van der Waals surface area contributed by atoms with Gasteiger partial charge in [-0.3, -0.25) is 0 Å². The van der Waals surface area contributed by atoms with Crippen LogP contribution in [0.5, 0.6) is 0 Å². The molecular formula is C14H20F8O2. The lowest BCUT2D eigenvalue weighted by molar-refractivity contribution is -0.463. The second kappa shape index (κ2) is 5.69. The number of alkyl halides is 8. The summed E-state index contributed by atoms with van der Waals surface area (Å²) in [5, 5.41) is 0. The fourth-order valence-electron chi connectivity index (χ4n) is 2.22. The Hall–Kier alpha value is -0.640. The van der Waals surface area contributed by atoms with E-state index < -0.39 is 47.6 Å².